The zero-order valence-electron chi connectivity index (χ0n) is 21.5. The van der Waals surface area contributed by atoms with E-state index in [1.165, 1.54) is 26.7 Å². The van der Waals surface area contributed by atoms with Crippen LogP contribution in [-0.2, 0) is 0 Å². The van der Waals surface area contributed by atoms with Gasteiger partial charge >= 0.3 is 0 Å². The van der Waals surface area contributed by atoms with E-state index in [1.807, 2.05) is 0 Å². The molecule has 0 saturated heterocycles. The van der Waals surface area contributed by atoms with Crippen LogP contribution >= 0.6 is 7.92 Å². The molecule has 0 bridgehead atoms. The van der Waals surface area contributed by atoms with Crippen molar-refractivity contribution in [2.45, 2.75) is 0 Å². The monoisotopic (exact) mass is 509 g/mol. The van der Waals surface area contributed by atoms with E-state index in [9.17, 15) is 0 Å². The molecule has 0 aliphatic carbocycles. The summed E-state index contributed by atoms with van der Waals surface area (Å²) in [5.41, 5.74) is 2.12. The van der Waals surface area contributed by atoms with Gasteiger partial charge in [-0.15, -0.1) is 0 Å². The number of hydrogen-bond acceptors (Lipinski definition) is 2. The molecule has 0 heterocycles. The zero-order valence-corrected chi connectivity index (χ0v) is 22.4. The van der Waals surface area contributed by atoms with Gasteiger partial charge in [-0.3, -0.25) is 0 Å². The van der Waals surface area contributed by atoms with Gasteiger partial charge < -0.3 is 9.47 Å². The van der Waals surface area contributed by atoms with Crippen molar-refractivity contribution in [3.63, 3.8) is 0 Å². The first-order valence-electron chi connectivity index (χ1n) is 12.4. The molecule has 0 amide bonds. The SMILES string of the molecule is COc1ccc2ccccc2c1-c1c(OC)ccc2ccc(P(c3ccccc3)c3ccccc3)cc12.[B]. The van der Waals surface area contributed by atoms with E-state index < -0.39 is 7.92 Å². The van der Waals surface area contributed by atoms with E-state index in [0.29, 0.717) is 0 Å². The van der Waals surface area contributed by atoms with Crippen LogP contribution in [0.2, 0.25) is 0 Å². The van der Waals surface area contributed by atoms with Crippen molar-refractivity contribution in [2.24, 2.45) is 0 Å². The highest BCUT2D eigenvalue weighted by Crippen LogP contribution is 2.46. The van der Waals surface area contributed by atoms with Crippen LogP contribution in [0.1, 0.15) is 0 Å². The van der Waals surface area contributed by atoms with Crippen molar-refractivity contribution < 1.29 is 9.47 Å². The summed E-state index contributed by atoms with van der Waals surface area (Å²) in [6, 6.07) is 45.4. The van der Waals surface area contributed by atoms with Gasteiger partial charge in [-0.1, -0.05) is 109 Å². The summed E-state index contributed by atoms with van der Waals surface area (Å²) in [5.74, 6) is 1.67. The Kier molecular flexibility index (Phi) is 7.49. The Hall–Kier alpha value is -4.07. The Labute approximate surface area is 227 Å². The molecule has 3 radical (unpaired) electrons. The van der Waals surface area contributed by atoms with Crippen molar-refractivity contribution in [3.8, 4) is 22.6 Å². The lowest BCUT2D eigenvalue weighted by molar-refractivity contribution is 0.411. The van der Waals surface area contributed by atoms with Gasteiger partial charge in [0.2, 0.25) is 0 Å². The number of benzene rings is 6. The van der Waals surface area contributed by atoms with Crippen molar-refractivity contribution in [3.05, 3.63) is 127 Å². The van der Waals surface area contributed by atoms with E-state index >= 15 is 0 Å². The van der Waals surface area contributed by atoms with Crippen LogP contribution in [0, 0.1) is 0 Å². The zero-order chi connectivity index (χ0) is 25.2. The molecule has 2 nitrogen and oxygen atoms in total. The van der Waals surface area contributed by atoms with Gasteiger partial charge in [0.25, 0.3) is 0 Å². The average molecular weight is 509 g/mol. The van der Waals surface area contributed by atoms with E-state index in [2.05, 4.69) is 127 Å². The number of rotatable bonds is 6. The molecule has 0 aliphatic rings. The first kappa shape index (κ1) is 25.6. The van der Waals surface area contributed by atoms with Crippen molar-refractivity contribution in [1.29, 1.82) is 0 Å². The Balaban J connectivity index is 0.00000294. The summed E-state index contributed by atoms with van der Waals surface area (Å²) in [6.07, 6.45) is 0. The van der Waals surface area contributed by atoms with Crippen LogP contribution in [-0.4, -0.2) is 22.6 Å². The molecule has 0 N–H and O–H groups in total. The minimum atomic E-state index is -0.732. The Bertz CT molecular complexity index is 1660. The largest absolute Gasteiger partial charge is 0.496 e. The highest BCUT2D eigenvalue weighted by molar-refractivity contribution is 7.79. The molecular weight excluding hydrogens is 482 g/mol. The van der Waals surface area contributed by atoms with Crippen LogP contribution < -0.4 is 25.4 Å². The first-order chi connectivity index (χ1) is 18.3. The van der Waals surface area contributed by atoms with E-state index in [4.69, 9.17) is 9.47 Å². The molecule has 183 valence electrons. The minimum absolute atomic E-state index is 0. The van der Waals surface area contributed by atoms with Crippen LogP contribution in [0.5, 0.6) is 11.5 Å². The maximum atomic E-state index is 5.98. The van der Waals surface area contributed by atoms with Gasteiger partial charge in [0.15, 0.2) is 0 Å². The average Bonchev–Trinajstić information content (AvgIpc) is 2.97. The normalized spacial score (nSPS) is 10.9. The third kappa shape index (κ3) is 4.55. The molecule has 6 aromatic carbocycles. The maximum Gasteiger partial charge on any atom is 0.127 e. The summed E-state index contributed by atoms with van der Waals surface area (Å²) in [5, 5.41) is 8.60. The maximum absolute atomic E-state index is 5.98. The standard InChI is InChI=1S/C34H27O2P.B/c1-35-31-21-18-24-11-9-10-16-29(24)33(31)34-30-23-28(20-17-25(30)19-22-32(34)36-2)37(26-12-5-3-6-13-26)27-14-7-4-8-15-27;/h3-23H,1-2H3;. The molecule has 0 aliphatic heterocycles. The van der Waals surface area contributed by atoms with Gasteiger partial charge in [0, 0.05) is 19.5 Å². The van der Waals surface area contributed by atoms with Crippen molar-refractivity contribution in [1.82, 2.24) is 0 Å². The Morgan fingerprint density at radius 1 is 0.447 bits per heavy atom. The summed E-state index contributed by atoms with van der Waals surface area (Å²) in [6.45, 7) is 0. The summed E-state index contributed by atoms with van der Waals surface area (Å²) < 4.78 is 11.9. The fraction of sp³-hybridized carbons (Fsp3) is 0.0588. The lowest BCUT2D eigenvalue weighted by Gasteiger charge is -2.22. The first-order valence-corrected chi connectivity index (χ1v) is 13.7. The second-order valence-corrected chi connectivity index (χ2v) is 11.1. The molecule has 4 heteroatoms. The quantitative estimate of drug-likeness (QED) is 0.177. The van der Waals surface area contributed by atoms with Gasteiger partial charge in [-0.2, -0.15) is 0 Å². The summed E-state index contributed by atoms with van der Waals surface area (Å²) in [7, 11) is 2.75. The summed E-state index contributed by atoms with van der Waals surface area (Å²) >= 11 is 0. The van der Waals surface area contributed by atoms with Crippen molar-refractivity contribution in [2.75, 3.05) is 14.2 Å². The molecule has 6 rings (SSSR count). The van der Waals surface area contributed by atoms with Crippen LogP contribution in [0.15, 0.2) is 127 Å². The third-order valence-electron chi connectivity index (χ3n) is 6.83. The molecule has 6 aromatic rings. The van der Waals surface area contributed by atoms with Gasteiger partial charge in [-0.25, -0.2) is 0 Å². The van der Waals surface area contributed by atoms with E-state index in [0.717, 1.165) is 33.4 Å². The number of ether oxygens (including phenoxy) is 2. The van der Waals surface area contributed by atoms with Crippen molar-refractivity contribution >= 4 is 53.8 Å². The predicted octanol–water partition coefficient (Wildman–Crippen LogP) is 7.05. The van der Waals surface area contributed by atoms with Crippen LogP contribution in [0.3, 0.4) is 0 Å². The molecule has 0 saturated carbocycles. The smallest absolute Gasteiger partial charge is 0.127 e. The fourth-order valence-corrected chi connectivity index (χ4v) is 7.45. The summed E-state index contributed by atoms with van der Waals surface area (Å²) in [4.78, 5) is 0. The lowest BCUT2D eigenvalue weighted by Crippen LogP contribution is -2.20. The highest BCUT2D eigenvalue weighted by atomic mass is 31.1. The predicted molar refractivity (Wildman–Crippen MR) is 164 cm³/mol. The van der Waals surface area contributed by atoms with Gasteiger partial charge in [0.1, 0.15) is 11.5 Å². The molecule has 0 fully saturated rings. The van der Waals surface area contributed by atoms with E-state index in [-0.39, 0.29) is 8.41 Å². The highest BCUT2D eigenvalue weighted by Gasteiger charge is 2.21. The number of methoxy groups -OCH3 is 2. The lowest BCUT2D eigenvalue weighted by atomic mass is 9.92. The number of fused-ring (bicyclic) bond motifs is 2. The van der Waals surface area contributed by atoms with Crippen LogP contribution in [0.4, 0.5) is 0 Å². The Morgan fingerprint density at radius 2 is 0.921 bits per heavy atom. The molecule has 0 spiro atoms. The van der Waals surface area contributed by atoms with Gasteiger partial charge in [-0.05, 0) is 63.6 Å². The van der Waals surface area contributed by atoms with E-state index in [1.54, 1.807) is 14.2 Å². The molecule has 0 atom stereocenters. The molecular formula is C34H27BO2P. The Morgan fingerprint density at radius 3 is 1.50 bits per heavy atom. The van der Waals surface area contributed by atoms with Gasteiger partial charge in [0.05, 0.1) is 14.2 Å². The third-order valence-corrected chi connectivity index (χ3v) is 9.26. The second-order valence-electron chi connectivity index (χ2n) is 8.92. The minimum Gasteiger partial charge on any atom is -0.496 e. The number of hydrogen-bond donors (Lipinski definition) is 0. The second kappa shape index (κ2) is 11.1. The molecule has 0 unspecified atom stereocenters. The molecule has 38 heavy (non-hydrogen) atoms. The molecule has 0 aromatic heterocycles. The fourth-order valence-electron chi connectivity index (χ4n) is 5.14. The van der Waals surface area contributed by atoms with Crippen LogP contribution in [0.25, 0.3) is 32.7 Å². The topological polar surface area (TPSA) is 18.5 Å².